The lowest BCUT2D eigenvalue weighted by atomic mass is 10.1. The van der Waals surface area contributed by atoms with Gasteiger partial charge >= 0.3 is 0 Å². The van der Waals surface area contributed by atoms with Crippen molar-refractivity contribution in [1.82, 2.24) is 5.32 Å². The quantitative estimate of drug-likeness (QED) is 0.0429. The van der Waals surface area contributed by atoms with E-state index >= 15 is 0 Å². The first-order valence-corrected chi connectivity index (χ1v) is 22.9. The summed E-state index contributed by atoms with van der Waals surface area (Å²) in [5, 5.41) is 22.9. The zero-order valence-corrected chi connectivity index (χ0v) is 36.5. The molecule has 0 radical (unpaired) electrons. The molecule has 0 rings (SSSR count). The number of allylic oxidation sites excluding steroid dienone is 21. The van der Waals surface area contributed by atoms with Gasteiger partial charge in [0.25, 0.3) is 0 Å². The van der Waals surface area contributed by atoms with Gasteiger partial charge in [0.05, 0.1) is 18.8 Å². The van der Waals surface area contributed by atoms with Crippen LogP contribution in [0.3, 0.4) is 0 Å². The maximum absolute atomic E-state index is 12.4. The first-order chi connectivity index (χ1) is 28.2. The molecule has 3 N–H and O–H groups in total. The molecule has 320 valence electrons. The molecule has 0 heterocycles. The molecular weight excluding hydrogens is 699 g/mol. The smallest absolute Gasteiger partial charge is 0.220 e. The van der Waals surface area contributed by atoms with E-state index in [9.17, 15) is 15.0 Å². The normalized spacial score (nSPS) is 14.2. The van der Waals surface area contributed by atoms with Gasteiger partial charge in [-0.25, -0.2) is 0 Å². The van der Waals surface area contributed by atoms with Crippen LogP contribution in [0.25, 0.3) is 0 Å². The Labute approximate surface area is 351 Å². The number of carbonyl (C=O) groups excluding carboxylic acids is 1. The highest BCUT2D eigenvalue weighted by Gasteiger charge is 2.17. The van der Waals surface area contributed by atoms with Crippen LogP contribution in [0.2, 0.25) is 0 Å². The Bertz CT molecular complexity index is 1210. The SMILES string of the molecule is CC/C=C\C/C=C\C/C=C\C/C=C\C/C=C\C/C=C\C/C=C\C/C=C\C/C=C\C/C=C\CCCCC(=O)NC(CO)C(O)/C=C/CCCCCCCCCCCC. The van der Waals surface area contributed by atoms with Crippen molar-refractivity contribution in [3.63, 3.8) is 0 Å². The monoisotopic (exact) mass is 784 g/mol. The fraction of sp³-hybridized carbons (Fsp3) is 0.566. The number of rotatable bonds is 39. The van der Waals surface area contributed by atoms with E-state index in [4.69, 9.17) is 0 Å². The third-order valence-electron chi connectivity index (χ3n) is 9.39. The largest absolute Gasteiger partial charge is 0.394 e. The van der Waals surface area contributed by atoms with E-state index in [0.717, 1.165) is 96.3 Å². The van der Waals surface area contributed by atoms with E-state index < -0.39 is 12.1 Å². The highest BCUT2D eigenvalue weighted by atomic mass is 16.3. The molecule has 0 spiro atoms. The topological polar surface area (TPSA) is 69.6 Å². The van der Waals surface area contributed by atoms with Crippen molar-refractivity contribution in [2.24, 2.45) is 0 Å². The van der Waals surface area contributed by atoms with E-state index in [1.165, 1.54) is 57.8 Å². The molecule has 0 aliphatic heterocycles. The third-order valence-corrected chi connectivity index (χ3v) is 9.39. The van der Waals surface area contributed by atoms with Crippen molar-refractivity contribution in [2.45, 2.75) is 187 Å². The minimum Gasteiger partial charge on any atom is -0.394 e. The maximum atomic E-state index is 12.4. The molecule has 0 aromatic carbocycles. The molecule has 4 nitrogen and oxygen atoms in total. The Hall–Kier alpha value is -3.47. The fourth-order valence-electron chi connectivity index (χ4n) is 5.91. The lowest BCUT2D eigenvalue weighted by Gasteiger charge is -2.19. The predicted molar refractivity (Wildman–Crippen MR) is 252 cm³/mol. The zero-order chi connectivity index (χ0) is 41.4. The number of aliphatic hydroxyl groups excluding tert-OH is 2. The number of amides is 1. The molecule has 0 aromatic heterocycles. The predicted octanol–water partition coefficient (Wildman–Crippen LogP) is 14.7. The molecule has 1 amide bonds. The first-order valence-electron chi connectivity index (χ1n) is 22.9. The summed E-state index contributed by atoms with van der Waals surface area (Å²) in [6, 6.07) is -0.654. The van der Waals surface area contributed by atoms with Gasteiger partial charge in [-0.2, -0.15) is 0 Å². The molecule has 0 aliphatic rings. The van der Waals surface area contributed by atoms with Gasteiger partial charge in [-0.1, -0.05) is 205 Å². The standard InChI is InChI=1S/C53H85NO3/c1-3-5-7-9-11-13-15-17-18-19-20-21-22-23-24-25-26-27-28-29-30-31-32-33-34-35-36-37-39-41-43-45-47-49-53(57)54-51(50-55)52(56)48-46-44-42-40-38-16-14-12-10-8-6-4-2/h5,7,11,13,17-18,20-21,23-24,26-27,29-30,32-33,35-36,39,41,46,48,51-52,55-56H,3-4,6,8-10,12,14-16,19,22,25,28,31,34,37-38,40,42-45,47,49-50H2,1-2H3,(H,54,57)/b7-5-,13-11-,18-17-,21-20-,24-23-,27-26-,30-29-,33-32-,36-35-,41-39-,48-46+. The van der Waals surface area contributed by atoms with Crippen LogP contribution in [0, 0.1) is 0 Å². The second-order valence-electron chi connectivity index (χ2n) is 14.7. The van der Waals surface area contributed by atoms with E-state index in [1.54, 1.807) is 6.08 Å². The molecule has 4 heteroatoms. The average molecular weight is 784 g/mol. The summed E-state index contributed by atoms with van der Waals surface area (Å²) in [6.45, 7) is 4.14. The molecule has 57 heavy (non-hydrogen) atoms. The molecule has 0 fully saturated rings. The van der Waals surface area contributed by atoms with Crippen LogP contribution in [0.5, 0.6) is 0 Å². The van der Waals surface area contributed by atoms with Gasteiger partial charge in [-0.05, 0) is 96.3 Å². The lowest BCUT2D eigenvalue weighted by Crippen LogP contribution is -2.45. The van der Waals surface area contributed by atoms with Gasteiger partial charge < -0.3 is 15.5 Å². The van der Waals surface area contributed by atoms with Crippen LogP contribution >= 0.6 is 0 Å². The number of hydrogen-bond acceptors (Lipinski definition) is 3. The minimum atomic E-state index is -0.866. The average Bonchev–Trinajstić information content (AvgIpc) is 3.22. The molecule has 0 aliphatic carbocycles. The maximum Gasteiger partial charge on any atom is 0.220 e. The summed E-state index contributed by atoms with van der Waals surface area (Å²) in [5.41, 5.74) is 0. The highest BCUT2D eigenvalue weighted by molar-refractivity contribution is 5.76. The van der Waals surface area contributed by atoms with Crippen LogP contribution in [-0.4, -0.2) is 34.9 Å². The van der Waals surface area contributed by atoms with Crippen molar-refractivity contribution < 1.29 is 15.0 Å². The number of nitrogens with one attached hydrogen (secondary N) is 1. The first kappa shape index (κ1) is 53.5. The third kappa shape index (κ3) is 43.5. The van der Waals surface area contributed by atoms with Gasteiger partial charge in [0.2, 0.25) is 5.91 Å². The fourth-order valence-corrected chi connectivity index (χ4v) is 5.91. The molecule has 2 unspecified atom stereocenters. The van der Waals surface area contributed by atoms with Crippen molar-refractivity contribution in [3.8, 4) is 0 Å². The van der Waals surface area contributed by atoms with Crippen molar-refractivity contribution in [2.75, 3.05) is 6.61 Å². The number of unbranched alkanes of at least 4 members (excludes halogenated alkanes) is 12. The van der Waals surface area contributed by atoms with E-state index in [2.05, 4.69) is 141 Å². The summed E-state index contributed by atoms with van der Waals surface area (Å²) in [7, 11) is 0. The van der Waals surface area contributed by atoms with Crippen LogP contribution in [0.1, 0.15) is 174 Å². The van der Waals surface area contributed by atoms with Crippen molar-refractivity contribution in [3.05, 3.63) is 134 Å². The second-order valence-corrected chi connectivity index (χ2v) is 14.7. The molecule has 2 atom stereocenters. The van der Waals surface area contributed by atoms with E-state index in [-0.39, 0.29) is 12.5 Å². The van der Waals surface area contributed by atoms with Gasteiger partial charge in [0.15, 0.2) is 0 Å². The Balaban J connectivity index is 3.77. The number of aliphatic hydroxyl groups is 2. The van der Waals surface area contributed by atoms with Crippen molar-refractivity contribution in [1.29, 1.82) is 0 Å². The second kappa shape index (κ2) is 46.9. The number of hydrogen-bond donors (Lipinski definition) is 3. The summed E-state index contributed by atoms with van der Waals surface area (Å²) >= 11 is 0. The van der Waals surface area contributed by atoms with Crippen LogP contribution < -0.4 is 5.32 Å². The highest BCUT2D eigenvalue weighted by Crippen LogP contribution is 2.12. The lowest BCUT2D eigenvalue weighted by molar-refractivity contribution is -0.123. The Morgan fingerprint density at radius 2 is 0.772 bits per heavy atom. The van der Waals surface area contributed by atoms with Crippen LogP contribution in [0.4, 0.5) is 0 Å². The van der Waals surface area contributed by atoms with Crippen molar-refractivity contribution >= 4 is 5.91 Å². The summed E-state index contributed by atoms with van der Waals surface area (Å²) in [6.07, 6.45) is 74.2. The molecule has 0 saturated carbocycles. The number of carbonyl (C=O) groups is 1. The molecule has 0 saturated heterocycles. The molecular formula is C53H85NO3. The Morgan fingerprint density at radius 3 is 1.16 bits per heavy atom. The molecule has 0 aromatic rings. The van der Waals surface area contributed by atoms with Gasteiger partial charge in [0.1, 0.15) is 0 Å². The van der Waals surface area contributed by atoms with E-state index in [0.29, 0.717) is 6.42 Å². The summed E-state index contributed by atoms with van der Waals surface area (Å²) in [4.78, 5) is 12.4. The van der Waals surface area contributed by atoms with Gasteiger partial charge in [-0.15, -0.1) is 0 Å². The zero-order valence-electron chi connectivity index (χ0n) is 36.5. The van der Waals surface area contributed by atoms with Gasteiger partial charge in [-0.3, -0.25) is 4.79 Å². The van der Waals surface area contributed by atoms with E-state index in [1.807, 2.05) is 6.08 Å². The summed E-state index contributed by atoms with van der Waals surface area (Å²) in [5.74, 6) is -0.114. The minimum absolute atomic E-state index is 0.114. The Morgan fingerprint density at radius 1 is 0.439 bits per heavy atom. The summed E-state index contributed by atoms with van der Waals surface area (Å²) < 4.78 is 0. The van der Waals surface area contributed by atoms with Crippen LogP contribution in [-0.2, 0) is 4.79 Å². The van der Waals surface area contributed by atoms with Crippen LogP contribution in [0.15, 0.2) is 134 Å². The molecule has 0 bridgehead atoms. The van der Waals surface area contributed by atoms with Gasteiger partial charge in [0, 0.05) is 6.42 Å². The Kier molecular flexibility index (Phi) is 44.1.